The first-order valence-electron chi connectivity index (χ1n) is 6.70. The highest BCUT2D eigenvalue weighted by atomic mass is 16.5. The molecule has 0 saturated carbocycles. The number of ether oxygens (including phenoxy) is 1. The number of aliphatic hydroxyl groups is 2. The van der Waals surface area contributed by atoms with Gasteiger partial charge < -0.3 is 14.9 Å². The molecular formula is C15H15NO5. The van der Waals surface area contributed by atoms with Gasteiger partial charge >= 0.3 is 5.97 Å². The molecule has 1 unspecified atom stereocenters. The molecule has 3 rings (SSSR count). The lowest BCUT2D eigenvalue weighted by atomic mass is 9.79. The molecule has 6 heteroatoms. The molecule has 1 aromatic rings. The van der Waals surface area contributed by atoms with Gasteiger partial charge in [0.1, 0.15) is 5.92 Å². The van der Waals surface area contributed by atoms with Crippen LogP contribution in [-0.2, 0) is 15.3 Å². The summed E-state index contributed by atoms with van der Waals surface area (Å²) in [6.07, 6.45) is 0. The number of ketones is 1. The summed E-state index contributed by atoms with van der Waals surface area (Å²) in [5, 5.41) is 21.7. The average Bonchev–Trinajstić information content (AvgIpc) is 2.75. The first-order valence-corrected chi connectivity index (χ1v) is 6.70. The number of fused-ring (bicyclic) bond motifs is 3. The van der Waals surface area contributed by atoms with E-state index < -0.39 is 29.0 Å². The smallest absolute Gasteiger partial charge is 0.318 e. The number of carbonyl (C=O) groups is 2. The standard InChI is InChI=1S/C15H15NO5/c1-3-21-13(18)11-8(2)16-15(20)10-7-5-4-6-9(10)12(17)14(11,15)19/h4-7,11,19-20H,3H2,1-2H3/t11?,14-,15+/m0/s1. The molecule has 0 saturated heterocycles. The first kappa shape index (κ1) is 13.9. The van der Waals surface area contributed by atoms with Crippen LogP contribution >= 0.6 is 0 Å². The van der Waals surface area contributed by atoms with Crippen molar-refractivity contribution in [2.24, 2.45) is 10.9 Å². The summed E-state index contributed by atoms with van der Waals surface area (Å²) in [4.78, 5) is 28.7. The number of benzene rings is 1. The number of aliphatic imine (C=N–C) groups is 1. The zero-order valence-corrected chi connectivity index (χ0v) is 11.7. The largest absolute Gasteiger partial charge is 0.465 e. The summed E-state index contributed by atoms with van der Waals surface area (Å²) in [5.41, 5.74) is -3.91. The van der Waals surface area contributed by atoms with E-state index in [4.69, 9.17) is 4.74 Å². The molecule has 6 nitrogen and oxygen atoms in total. The van der Waals surface area contributed by atoms with Crippen LogP contribution in [0.2, 0.25) is 0 Å². The van der Waals surface area contributed by atoms with Gasteiger partial charge in [0.15, 0.2) is 5.60 Å². The summed E-state index contributed by atoms with van der Waals surface area (Å²) in [7, 11) is 0. The van der Waals surface area contributed by atoms with E-state index in [0.29, 0.717) is 0 Å². The highest BCUT2D eigenvalue weighted by Crippen LogP contribution is 2.53. The third-order valence-corrected chi connectivity index (χ3v) is 4.12. The highest BCUT2D eigenvalue weighted by Gasteiger charge is 2.72. The van der Waals surface area contributed by atoms with E-state index in [9.17, 15) is 19.8 Å². The molecule has 110 valence electrons. The molecule has 0 aromatic heterocycles. The van der Waals surface area contributed by atoms with Gasteiger partial charge in [-0.25, -0.2) is 0 Å². The summed E-state index contributed by atoms with van der Waals surface area (Å²) in [6, 6.07) is 6.29. The minimum absolute atomic E-state index is 0.109. The molecule has 1 aromatic carbocycles. The molecule has 1 aliphatic heterocycles. The minimum Gasteiger partial charge on any atom is -0.465 e. The van der Waals surface area contributed by atoms with Gasteiger partial charge in [-0.15, -0.1) is 0 Å². The van der Waals surface area contributed by atoms with Crippen LogP contribution in [0.4, 0.5) is 0 Å². The Labute approximate surface area is 121 Å². The lowest BCUT2D eigenvalue weighted by Crippen LogP contribution is -2.56. The van der Waals surface area contributed by atoms with E-state index in [2.05, 4.69) is 4.99 Å². The number of esters is 1. The predicted octanol–water partition coefficient (Wildman–Crippen LogP) is 0.413. The van der Waals surface area contributed by atoms with E-state index >= 15 is 0 Å². The Kier molecular flexibility index (Phi) is 2.80. The molecule has 2 aliphatic rings. The Morgan fingerprint density at radius 3 is 2.71 bits per heavy atom. The molecule has 21 heavy (non-hydrogen) atoms. The second-order valence-electron chi connectivity index (χ2n) is 5.25. The zero-order valence-electron chi connectivity index (χ0n) is 11.7. The molecule has 2 N–H and O–H groups in total. The van der Waals surface area contributed by atoms with Crippen LogP contribution in [0.3, 0.4) is 0 Å². The lowest BCUT2D eigenvalue weighted by Gasteiger charge is -2.31. The number of nitrogens with zero attached hydrogens (tertiary/aromatic N) is 1. The quantitative estimate of drug-likeness (QED) is 0.769. The fourth-order valence-corrected chi connectivity index (χ4v) is 3.22. The summed E-state index contributed by atoms with van der Waals surface area (Å²) in [5.74, 6) is -2.78. The minimum atomic E-state index is -2.34. The van der Waals surface area contributed by atoms with E-state index in [1.165, 1.54) is 19.1 Å². The monoisotopic (exact) mass is 289 g/mol. The van der Waals surface area contributed by atoms with E-state index in [0.717, 1.165) is 0 Å². The van der Waals surface area contributed by atoms with Crippen LogP contribution < -0.4 is 0 Å². The lowest BCUT2D eigenvalue weighted by molar-refractivity contribution is -0.164. The Morgan fingerprint density at radius 2 is 2.05 bits per heavy atom. The van der Waals surface area contributed by atoms with Gasteiger partial charge in [-0.1, -0.05) is 24.3 Å². The summed E-state index contributed by atoms with van der Waals surface area (Å²) < 4.78 is 4.92. The second kappa shape index (κ2) is 4.22. The Hall–Kier alpha value is -2.05. The number of Topliss-reactive ketones (excluding diaryl/α,β-unsaturated/α-hetero) is 1. The molecular weight excluding hydrogens is 274 g/mol. The van der Waals surface area contributed by atoms with Gasteiger partial charge in [0.05, 0.1) is 6.61 Å². The molecule has 0 fully saturated rings. The van der Waals surface area contributed by atoms with E-state index in [1.54, 1.807) is 19.1 Å². The van der Waals surface area contributed by atoms with Crippen molar-refractivity contribution in [2.75, 3.05) is 6.61 Å². The Morgan fingerprint density at radius 1 is 1.38 bits per heavy atom. The zero-order chi connectivity index (χ0) is 15.4. The molecule has 1 aliphatic carbocycles. The van der Waals surface area contributed by atoms with Gasteiger partial charge in [0.2, 0.25) is 11.5 Å². The van der Waals surface area contributed by atoms with Gasteiger partial charge in [-0.05, 0) is 13.8 Å². The number of hydrogen-bond acceptors (Lipinski definition) is 6. The van der Waals surface area contributed by atoms with E-state index in [1.807, 2.05) is 0 Å². The van der Waals surface area contributed by atoms with Crippen LogP contribution in [0.15, 0.2) is 29.3 Å². The van der Waals surface area contributed by atoms with E-state index in [-0.39, 0.29) is 23.4 Å². The van der Waals surface area contributed by atoms with Crippen LogP contribution in [0.5, 0.6) is 0 Å². The second-order valence-corrected chi connectivity index (χ2v) is 5.25. The number of hydrogen-bond donors (Lipinski definition) is 2. The molecule has 0 radical (unpaired) electrons. The summed E-state index contributed by atoms with van der Waals surface area (Å²) >= 11 is 0. The van der Waals surface area contributed by atoms with Crippen LogP contribution in [0.1, 0.15) is 29.8 Å². The number of carbonyl (C=O) groups excluding carboxylic acids is 2. The maximum atomic E-state index is 12.6. The number of rotatable bonds is 2. The van der Waals surface area contributed by atoms with Gasteiger partial charge in [-0.3, -0.25) is 14.6 Å². The maximum absolute atomic E-state index is 12.6. The van der Waals surface area contributed by atoms with Crippen molar-refractivity contribution < 1.29 is 24.5 Å². The molecule has 0 bridgehead atoms. The highest BCUT2D eigenvalue weighted by molar-refractivity contribution is 6.18. The van der Waals surface area contributed by atoms with Crippen molar-refractivity contribution >= 4 is 17.5 Å². The third-order valence-electron chi connectivity index (χ3n) is 4.12. The molecule has 0 spiro atoms. The van der Waals surface area contributed by atoms with Crippen molar-refractivity contribution in [3.63, 3.8) is 0 Å². The van der Waals surface area contributed by atoms with Gasteiger partial charge in [-0.2, -0.15) is 0 Å². The SMILES string of the molecule is CCOC(=O)C1C(C)=N[C@@]2(O)c3ccccc3C(=O)[C@@]12O. The third kappa shape index (κ3) is 1.46. The average molecular weight is 289 g/mol. The van der Waals surface area contributed by atoms with Crippen LogP contribution in [-0.4, -0.2) is 39.9 Å². The van der Waals surface area contributed by atoms with Crippen LogP contribution in [0.25, 0.3) is 0 Å². The molecule has 0 amide bonds. The van der Waals surface area contributed by atoms with Crippen molar-refractivity contribution in [2.45, 2.75) is 25.2 Å². The molecule has 3 atom stereocenters. The maximum Gasteiger partial charge on any atom is 0.318 e. The van der Waals surface area contributed by atoms with Gasteiger partial charge in [0.25, 0.3) is 0 Å². The Balaban J connectivity index is 2.20. The fraction of sp³-hybridized carbons (Fsp3) is 0.400. The van der Waals surface area contributed by atoms with Crippen molar-refractivity contribution in [1.82, 2.24) is 0 Å². The van der Waals surface area contributed by atoms with Crippen molar-refractivity contribution in [3.8, 4) is 0 Å². The van der Waals surface area contributed by atoms with Crippen molar-refractivity contribution in [3.05, 3.63) is 35.4 Å². The summed E-state index contributed by atoms with van der Waals surface area (Å²) in [6.45, 7) is 3.23. The molecule has 1 heterocycles. The fourth-order valence-electron chi connectivity index (χ4n) is 3.22. The van der Waals surface area contributed by atoms with Crippen molar-refractivity contribution in [1.29, 1.82) is 0 Å². The van der Waals surface area contributed by atoms with Crippen LogP contribution in [0, 0.1) is 5.92 Å². The Bertz CT molecular complexity index is 682. The normalized spacial score (nSPS) is 33.4. The topological polar surface area (TPSA) is 96.2 Å². The first-order chi connectivity index (χ1) is 9.88. The predicted molar refractivity (Wildman–Crippen MR) is 72.9 cm³/mol. The van der Waals surface area contributed by atoms with Gasteiger partial charge in [0, 0.05) is 16.8 Å².